The molecule has 0 aliphatic heterocycles. The first kappa shape index (κ1) is 28.6. The number of hydrogen-bond acceptors (Lipinski definition) is 9. The zero-order chi connectivity index (χ0) is 28.0. The van der Waals surface area contributed by atoms with Crippen molar-refractivity contribution in [3.05, 3.63) is 35.2 Å². The number of nitrogens with zero attached hydrogens (tertiary/aromatic N) is 4. The number of rotatable bonds is 11. The number of carbonyl (C=O) groups is 1. The molecule has 206 valence electrons. The van der Waals surface area contributed by atoms with E-state index in [1.54, 1.807) is 7.05 Å². The van der Waals surface area contributed by atoms with Crippen LogP contribution in [0.3, 0.4) is 0 Å². The number of aryl methyl sites for hydroxylation is 1. The highest BCUT2D eigenvalue weighted by molar-refractivity contribution is 6.02. The molecular weight excluding hydrogens is 488 g/mol. The molecule has 0 saturated carbocycles. The van der Waals surface area contributed by atoms with Gasteiger partial charge in [0.15, 0.2) is 5.69 Å². The van der Waals surface area contributed by atoms with Gasteiger partial charge in [0, 0.05) is 19.1 Å². The zero-order valence-corrected chi connectivity index (χ0v) is 23.6. The molecule has 0 fully saturated rings. The summed E-state index contributed by atoms with van der Waals surface area (Å²) in [7, 11) is 4.59. The van der Waals surface area contributed by atoms with Gasteiger partial charge in [0.05, 0.1) is 26.4 Å². The molecule has 0 bridgehead atoms. The third kappa shape index (κ3) is 6.88. The molecule has 0 saturated heterocycles. The molecule has 4 N–H and O–H groups in total. The van der Waals surface area contributed by atoms with E-state index in [9.17, 15) is 4.79 Å². The molecule has 3 aromatic rings. The predicted molar refractivity (Wildman–Crippen MR) is 144 cm³/mol. The van der Waals surface area contributed by atoms with Crippen LogP contribution in [0.4, 0.5) is 11.6 Å². The topological polar surface area (TPSA) is 139 Å². The van der Waals surface area contributed by atoms with E-state index in [1.165, 1.54) is 18.8 Å². The fourth-order valence-corrected chi connectivity index (χ4v) is 3.53. The number of aromatic amines is 1. The second kappa shape index (κ2) is 12.1. The van der Waals surface area contributed by atoms with Gasteiger partial charge in [-0.05, 0) is 29.5 Å². The van der Waals surface area contributed by atoms with E-state index >= 15 is 0 Å². The summed E-state index contributed by atoms with van der Waals surface area (Å²) in [4.78, 5) is 21.9. The Morgan fingerprint density at radius 3 is 2.34 bits per heavy atom. The Bertz CT molecular complexity index is 1240. The van der Waals surface area contributed by atoms with Crippen molar-refractivity contribution in [1.82, 2.24) is 25.5 Å². The number of amides is 1. The maximum Gasteiger partial charge on any atom is 0.473 e. The van der Waals surface area contributed by atoms with E-state index in [4.69, 9.17) is 14.2 Å². The zero-order valence-electron chi connectivity index (χ0n) is 23.6. The van der Waals surface area contributed by atoms with E-state index < -0.39 is 5.91 Å². The second-order valence-electron chi connectivity index (χ2n) is 10.2. The number of H-pyrrole nitrogens is 1. The predicted octanol–water partition coefficient (Wildman–Crippen LogP) is 3.10. The summed E-state index contributed by atoms with van der Waals surface area (Å²) in [6.07, 6.45) is 0. The smallest absolute Gasteiger partial charge is 0.473 e. The third-order valence-corrected chi connectivity index (χ3v) is 5.78. The molecule has 0 aliphatic carbocycles. The second-order valence-corrected chi connectivity index (χ2v) is 10.2. The average Bonchev–Trinajstić information content (AvgIpc) is 3.22. The van der Waals surface area contributed by atoms with Crippen molar-refractivity contribution in [2.24, 2.45) is 7.05 Å². The van der Waals surface area contributed by atoms with Gasteiger partial charge >= 0.3 is 17.7 Å². The van der Waals surface area contributed by atoms with Crippen molar-refractivity contribution in [1.29, 1.82) is 0 Å². The number of carbonyl (C=O) groups excluding carboxylic acids is 1. The lowest BCUT2D eigenvalue weighted by atomic mass is 9.86. The molecular formula is C26H39N8O4+. The molecule has 2 heterocycles. The normalized spacial score (nSPS) is 11.4. The summed E-state index contributed by atoms with van der Waals surface area (Å²) in [6, 6.07) is 6.68. The molecule has 0 radical (unpaired) electrons. The number of ether oxygens (including phenoxy) is 3. The Hall–Kier alpha value is -3.93. The minimum absolute atomic E-state index is 0.0408. The summed E-state index contributed by atoms with van der Waals surface area (Å²) in [5.74, 6) is 0.927. The van der Waals surface area contributed by atoms with Crippen LogP contribution in [0.15, 0.2) is 18.2 Å². The van der Waals surface area contributed by atoms with E-state index in [1.807, 2.05) is 19.1 Å². The Morgan fingerprint density at radius 1 is 1.11 bits per heavy atom. The Labute approximate surface area is 223 Å². The van der Waals surface area contributed by atoms with Gasteiger partial charge in [-0.25, -0.2) is 0 Å². The summed E-state index contributed by atoms with van der Waals surface area (Å²) in [6.45, 7) is 13.8. The first-order valence-corrected chi connectivity index (χ1v) is 12.5. The van der Waals surface area contributed by atoms with Crippen LogP contribution >= 0.6 is 0 Å². The molecule has 0 aliphatic rings. The number of nitrogens with one attached hydrogen (secondary N) is 4. The van der Waals surface area contributed by atoms with Crippen LogP contribution < -0.4 is 34.7 Å². The Balaban J connectivity index is 1.80. The van der Waals surface area contributed by atoms with Crippen LogP contribution in [0.5, 0.6) is 23.5 Å². The van der Waals surface area contributed by atoms with Crippen molar-refractivity contribution in [3.63, 3.8) is 0 Å². The van der Waals surface area contributed by atoms with Gasteiger partial charge in [-0.3, -0.25) is 4.79 Å². The number of aromatic nitrogens is 5. The van der Waals surface area contributed by atoms with E-state index in [2.05, 4.69) is 76.8 Å². The molecule has 1 aromatic carbocycles. The van der Waals surface area contributed by atoms with E-state index in [0.29, 0.717) is 24.3 Å². The molecule has 0 atom stereocenters. The Morgan fingerprint density at radius 2 is 1.76 bits per heavy atom. The van der Waals surface area contributed by atoms with Crippen molar-refractivity contribution < 1.29 is 23.6 Å². The number of anilines is 2. The molecule has 12 nitrogen and oxygen atoms in total. The fraction of sp³-hybridized carbons (Fsp3) is 0.500. The van der Waals surface area contributed by atoms with Crippen LogP contribution in [0.1, 0.15) is 56.4 Å². The van der Waals surface area contributed by atoms with Gasteiger partial charge in [-0.1, -0.05) is 46.8 Å². The van der Waals surface area contributed by atoms with Crippen molar-refractivity contribution in [2.45, 2.75) is 53.0 Å². The maximum absolute atomic E-state index is 13.2. The number of benzene rings is 1. The monoisotopic (exact) mass is 527 g/mol. The standard InChI is InChI=1S/C26H38N8O4/c1-15(2)27-12-13-28-24-30-22(36-8)19(23(31-24)37-9)29-21(35)20-32-33-25(34(20)7)38-18-14-17(26(4,5)6)11-10-16(18)3/h10-11,14-15,27H,12-13H2,1-9H3,(H2,28,29,30,31,32,35)/p+1. The minimum Gasteiger partial charge on any atom is -0.479 e. The van der Waals surface area contributed by atoms with Gasteiger partial charge in [-0.2, -0.15) is 14.5 Å². The lowest BCUT2D eigenvalue weighted by Gasteiger charge is -2.20. The fourth-order valence-electron chi connectivity index (χ4n) is 3.53. The van der Waals surface area contributed by atoms with Gasteiger partial charge in [0.1, 0.15) is 5.75 Å². The van der Waals surface area contributed by atoms with Crippen LogP contribution in [0.2, 0.25) is 0 Å². The quantitative estimate of drug-likeness (QED) is 0.219. The highest BCUT2D eigenvalue weighted by Gasteiger charge is 2.28. The summed E-state index contributed by atoms with van der Waals surface area (Å²) >= 11 is 0. The highest BCUT2D eigenvalue weighted by atomic mass is 16.5. The molecule has 2 aromatic heterocycles. The highest BCUT2D eigenvalue weighted by Crippen LogP contribution is 2.33. The van der Waals surface area contributed by atoms with Gasteiger partial charge < -0.3 is 30.2 Å². The summed E-state index contributed by atoms with van der Waals surface area (Å²) in [5, 5.41) is 16.1. The molecule has 3 rings (SSSR count). The lowest BCUT2D eigenvalue weighted by molar-refractivity contribution is -0.677. The summed E-state index contributed by atoms with van der Waals surface area (Å²) in [5.41, 5.74) is 2.23. The average molecular weight is 528 g/mol. The first-order valence-electron chi connectivity index (χ1n) is 12.5. The van der Waals surface area contributed by atoms with Crippen LogP contribution in [-0.4, -0.2) is 59.4 Å². The molecule has 0 spiro atoms. The van der Waals surface area contributed by atoms with Crippen molar-refractivity contribution in [3.8, 4) is 23.5 Å². The van der Waals surface area contributed by atoms with Gasteiger partial charge in [0.25, 0.3) is 0 Å². The summed E-state index contributed by atoms with van der Waals surface area (Å²) < 4.78 is 18.4. The van der Waals surface area contributed by atoms with Gasteiger partial charge in [0.2, 0.25) is 17.7 Å². The van der Waals surface area contributed by atoms with E-state index in [-0.39, 0.29) is 34.7 Å². The SMILES string of the molecule is COc1nc(NCCNC(C)C)nc(OC)c1NC(=O)c1[nH]nc(Oc2cc(C(C)(C)C)ccc2C)[n+]1C. The van der Waals surface area contributed by atoms with Crippen LogP contribution in [-0.2, 0) is 12.5 Å². The number of methoxy groups -OCH3 is 2. The van der Waals surface area contributed by atoms with Crippen LogP contribution in [0, 0.1) is 6.92 Å². The molecule has 12 heteroatoms. The third-order valence-electron chi connectivity index (χ3n) is 5.78. The number of hydrogen-bond donors (Lipinski definition) is 4. The van der Waals surface area contributed by atoms with Gasteiger partial charge in [-0.15, -0.1) is 5.10 Å². The maximum atomic E-state index is 13.2. The minimum atomic E-state index is -0.503. The largest absolute Gasteiger partial charge is 0.479 e. The molecule has 38 heavy (non-hydrogen) atoms. The first-order chi connectivity index (χ1) is 17.9. The van der Waals surface area contributed by atoms with Crippen molar-refractivity contribution >= 4 is 17.5 Å². The van der Waals surface area contributed by atoms with E-state index in [0.717, 1.165) is 17.7 Å². The lowest BCUT2D eigenvalue weighted by Crippen LogP contribution is -2.37. The van der Waals surface area contributed by atoms with Crippen LogP contribution in [0.25, 0.3) is 0 Å². The molecule has 1 amide bonds. The Kier molecular flexibility index (Phi) is 9.10. The molecule has 0 unspecified atom stereocenters. The van der Waals surface area contributed by atoms with Crippen molar-refractivity contribution in [2.75, 3.05) is 37.9 Å².